The Bertz CT molecular complexity index is 129. The van der Waals surface area contributed by atoms with Crippen LogP contribution in [0.15, 0.2) is 12.2 Å². The van der Waals surface area contributed by atoms with E-state index in [9.17, 15) is 4.21 Å². The molecule has 2 nitrogen and oxygen atoms in total. The van der Waals surface area contributed by atoms with Crippen LogP contribution in [-0.4, -0.2) is 29.3 Å². The van der Waals surface area contributed by atoms with E-state index in [0.29, 0.717) is 0 Å². The molecule has 0 amide bonds. The third-order valence-electron chi connectivity index (χ3n) is 1.21. The van der Waals surface area contributed by atoms with Gasteiger partial charge in [-0.05, 0) is 19.9 Å². The first kappa shape index (κ1) is 10.8. The Morgan fingerprint density at radius 2 is 2.27 bits per heavy atom. The Kier molecular flexibility index (Phi) is 6.46. The Hall–Kier alpha value is -0.150. The van der Waals surface area contributed by atoms with E-state index in [1.54, 1.807) is 6.26 Å². The molecule has 0 aromatic rings. The van der Waals surface area contributed by atoms with Crippen LogP contribution in [-0.2, 0) is 10.8 Å². The smallest absolute Gasteiger partial charge is 0.0244 e. The van der Waals surface area contributed by atoms with Gasteiger partial charge in [0.05, 0.1) is 0 Å². The molecular formula is C8H17NOS. The van der Waals surface area contributed by atoms with Crippen molar-refractivity contribution in [2.45, 2.75) is 13.3 Å². The number of nitrogens with one attached hydrogen (secondary N) is 1. The van der Waals surface area contributed by atoms with E-state index in [1.165, 1.54) is 0 Å². The predicted octanol–water partition coefficient (Wildman–Crippen LogP) is 0.921. The summed E-state index contributed by atoms with van der Waals surface area (Å²) in [5, 5.41) is 3.21. The fraction of sp³-hybridized carbons (Fsp3) is 0.750. The average Bonchev–Trinajstić information content (AvgIpc) is 1.85. The molecule has 0 radical (unpaired) electrons. The fourth-order valence-corrected chi connectivity index (χ4v) is 1.25. The molecule has 0 aliphatic heterocycles. The van der Waals surface area contributed by atoms with Gasteiger partial charge in [-0.2, -0.15) is 0 Å². The molecule has 0 spiro atoms. The maximum Gasteiger partial charge on any atom is 0.0244 e. The molecule has 0 rings (SSSR count). The van der Waals surface area contributed by atoms with E-state index in [2.05, 4.69) is 11.9 Å². The largest absolute Gasteiger partial charge is 0.313 e. The summed E-state index contributed by atoms with van der Waals surface area (Å²) in [6.07, 6.45) is 2.72. The van der Waals surface area contributed by atoms with Gasteiger partial charge in [0.2, 0.25) is 0 Å². The van der Waals surface area contributed by atoms with Crippen LogP contribution in [0.1, 0.15) is 13.3 Å². The van der Waals surface area contributed by atoms with Crippen molar-refractivity contribution in [3.8, 4) is 0 Å². The molecule has 0 saturated heterocycles. The summed E-state index contributed by atoms with van der Waals surface area (Å²) in [5.74, 6) is 0.795. The molecule has 0 heterocycles. The van der Waals surface area contributed by atoms with Gasteiger partial charge in [-0.3, -0.25) is 4.21 Å². The molecule has 1 unspecified atom stereocenters. The first-order chi connectivity index (χ1) is 5.13. The molecule has 0 aromatic heterocycles. The second kappa shape index (κ2) is 6.55. The Morgan fingerprint density at radius 3 is 2.73 bits per heavy atom. The van der Waals surface area contributed by atoms with Crippen molar-refractivity contribution in [1.82, 2.24) is 5.32 Å². The zero-order valence-electron chi connectivity index (χ0n) is 7.35. The maximum atomic E-state index is 10.6. The zero-order chi connectivity index (χ0) is 8.69. The van der Waals surface area contributed by atoms with Gasteiger partial charge in [0.25, 0.3) is 0 Å². The lowest BCUT2D eigenvalue weighted by atomic mass is 10.3. The lowest BCUT2D eigenvalue weighted by Crippen LogP contribution is -2.18. The van der Waals surface area contributed by atoms with Crippen molar-refractivity contribution in [1.29, 1.82) is 0 Å². The van der Waals surface area contributed by atoms with Crippen molar-refractivity contribution in [2.75, 3.05) is 25.1 Å². The molecule has 11 heavy (non-hydrogen) atoms. The number of hydrogen-bond acceptors (Lipinski definition) is 2. The Labute approximate surface area is 71.5 Å². The molecule has 0 fully saturated rings. The van der Waals surface area contributed by atoms with Crippen LogP contribution in [0, 0.1) is 0 Å². The van der Waals surface area contributed by atoms with E-state index >= 15 is 0 Å². The van der Waals surface area contributed by atoms with Gasteiger partial charge < -0.3 is 5.32 Å². The van der Waals surface area contributed by atoms with Crippen molar-refractivity contribution >= 4 is 10.8 Å². The number of rotatable bonds is 6. The summed E-state index contributed by atoms with van der Waals surface area (Å²) < 4.78 is 10.6. The van der Waals surface area contributed by atoms with Gasteiger partial charge in [0.1, 0.15) is 0 Å². The topological polar surface area (TPSA) is 29.1 Å². The summed E-state index contributed by atoms with van der Waals surface area (Å²) in [7, 11) is -0.642. The van der Waals surface area contributed by atoms with Crippen molar-refractivity contribution in [2.24, 2.45) is 0 Å². The summed E-state index contributed by atoms with van der Waals surface area (Å²) in [5.41, 5.74) is 1.14. The van der Waals surface area contributed by atoms with Crippen LogP contribution in [0.5, 0.6) is 0 Å². The molecule has 0 aliphatic rings. The second-order valence-corrected chi connectivity index (χ2v) is 4.32. The molecule has 0 aliphatic carbocycles. The first-order valence-corrected chi connectivity index (χ1v) is 5.50. The summed E-state index contributed by atoms with van der Waals surface area (Å²) in [6, 6.07) is 0. The summed E-state index contributed by atoms with van der Waals surface area (Å²) in [6.45, 7) is 7.56. The maximum absolute atomic E-state index is 10.6. The van der Waals surface area contributed by atoms with Crippen molar-refractivity contribution in [3.05, 3.63) is 12.2 Å². The third kappa shape index (κ3) is 9.85. The average molecular weight is 175 g/mol. The molecule has 66 valence electrons. The highest BCUT2D eigenvalue weighted by molar-refractivity contribution is 7.84. The zero-order valence-corrected chi connectivity index (χ0v) is 8.17. The lowest BCUT2D eigenvalue weighted by molar-refractivity contribution is 0.676. The molecule has 1 atom stereocenters. The third-order valence-corrected chi connectivity index (χ3v) is 2.08. The molecule has 1 N–H and O–H groups in total. The van der Waals surface area contributed by atoms with E-state index in [4.69, 9.17) is 0 Å². The Balaban J connectivity index is 3.03. The van der Waals surface area contributed by atoms with Gasteiger partial charge in [-0.25, -0.2) is 0 Å². The van der Waals surface area contributed by atoms with Gasteiger partial charge in [0, 0.05) is 29.4 Å². The molecule has 0 bridgehead atoms. The highest BCUT2D eigenvalue weighted by Gasteiger charge is 1.90. The van der Waals surface area contributed by atoms with E-state index < -0.39 is 10.8 Å². The summed E-state index contributed by atoms with van der Waals surface area (Å²) >= 11 is 0. The predicted molar refractivity (Wildman–Crippen MR) is 51.2 cm³/mol. The summed E-state index contributed by atoms with van der Waals surface area (Å²) in [4.78, 5) is 0. The second-order valence-electron chi connectivity index (χ2n) is 2.76. The quantitative estimate of drug-likeness (QED) is 0.480. The van der Waals surface area contributed by atoms with Crippen LogP contribution in [0.4, 0.5) is 0 Å². The highest BCUT2D eigenvalue weighted by Crippen LogP contribution is 1.84. The fourth-order valence-electron chi connectivity index (χ4n) is 0.702. The van der Waals surface area contributed by atoms with Crippen molar-refractivity contribution in [3.63, 3.8) is 0 Å². The van der Waals surface area contributed by atoms with E-state index in [-0.39, 0.29) is 0 Å². The van der Waals surface area contributed by atoms with Gasteiger partial charge in [-0.15, -0.1) is 0 Å². The minimum atomic E-state index is -0.642. The monoisotopic (exact) mass is 175 g/mol. The van der Waals surface area contributed by atoms with E-state index in [1.807, 2.05) is 6.92 Å². The highest BCUT2D eigenvalue weighted by atomic mass is 32.2. The van der Waals surface area contributed by atoms with Crippen LogP contribution >= 0.6 is 0 Å². The van der Waals surface area contributed by atoms with Crippen LogP contribution in [0.25, 0.3) is 0 Å². The SMILES string of the molecule is C=C(C)CNCCCS(C)=O. The van der Waals surface area contributed by atoms with Gasteiger partial charge >= 0.3 is 0 Å². The van der Waals surface area contributed by atoms with Gasteiger partial charge in [-0.1, -0.05) is 12.2 Å². The molecular weight excluding hydrogens is 158 g/mol. The minimum absolute atomic E-state index is 0.642. The molecule has 0 saturated carbocycles. The standard InChI is InChI=1S/C8H17NOS/c1-8(2)7-9-5-4-6-11(3)10/h9H,1,4-7H2,2-3H3. The van der Waals surface area contributed by atoms with E-state index in [0.717, 1.165) is 30.8 Å². The lowest BCUT2D eigenvalue weighted by Gasteiger charge is -2.01. The minimum Gasteiger partial charge on any atom is -0.313 e. The van der Waals surface area contributed by atoms with Crippen LogP contribution < -0.4 is 5.32 Å². The normalized spacial score (nSPS) is 12.9. The van der Waals surface area contributed by atoms with Crippen LogP contribution in [0.3, 0.4) is 0 Å². The van der Waals surface area contributed by atoms with Crippen LogP contribution in [0.2, 0.25) is 0 Å². The van der Waals surface area contributed by atoms with Crippen molar-refractivity contribution < 1.29 is 4.21 Å². The number of hydrogen-bond donors (Lipinski definition) is 1. The van der Waals surface area contributed by atoms with Gasteiger partial charge in [0.15, 0.2) is 0 Å². The molecule has 3 heteroatoms. The Morgan fingerprint density at radius 1 is 1.64 bits per heavy atom. The first-order valence-electron chi connectivity index (χ1n) is 3.78. The molecule has 0 aromatic carbocycles.